The SMILES string of the molecule is Cc1cccc(C)c1OCC(C)NC(=O)Cc1nc(-c2ccccc2)sc1C. The molecular formula is C23H26N2O2S. The summed E-state index contributed by atoms with van der Waals surface area (Å²) in [5.74, 6) is 0.858. The predicted octanol–water partition coefficient (Wildman–Crippen LogP) is 4.86. The number of carbonyl (C=O) groups is 1. The van der Waals surface area contributed by atoms with Gasteiger partial charge in [0.25, 0.3) is 0 Å². The van der Waals surface area contributed by atoms with Crippen LogP contribution in [0.15, 0.2) is 48.5 Å². The van der Waals surface area contributed by atoms with Gasteiger partial charge in [0.05, 0.1) is 18.2 Å². The van der Waals surface area contributed by atoms with Crippen LogP contribution in [-0.4, -0.2) is 23.5 Å². The van der Waals surface area contributed by atoms with E-state index < -0.39 is 0 Å². The number of nitrogens with one attached hydrogen (secondary N) is 1. The van der Waals surface area contributed by atoms with E-state index >= 15 is 0 Å². The maximum absolute atomic E-state index is 12.5. The fourth-order valence-electron chi connectivity index (χ4n) is 3.05. The number of carbonyl (C=O) groups excluding carboxylic acids is 1. The molecule has 4 nitrogen and oxygen atoms in total. The van der Waals surface area contributed by atoms with Crippen molar-refractivity contribution < 1.29 is 9.53 Å². The van der Waals surface area contributed by atoms with Crippen LogP contribution in [0.25, 0.3) is 10.6 Å². The number of aromatic nitrogens is 1. The van der Waals surface area contributed by atoms with Crippen LogP contribution in [0, 0.1) is 20.8 Å². The van der Waals surface area contributed by atoms with E-state index in [9.17, 15) is 4.79 Å². The van der Waals surface area contributed by atoms with Crippen molar-refractivity contribution in [2.45, 2.75) is 40.2 Å². The van der Waals surface area contributed by atoms with Crippen molar-refractivity contribution in [2.24, 2.45) is 0 Å². The van der Waals surface area contributed by atoms with E-state index in [1.54, 1.807) is 11.3 Å². The second kappa shape index (κ2) is 9.02. The van der Waals surface area contributed by atoms with Gasteiger partial charge in [-0.1, -0.05) is 48.5 Å². The molecule has 0 aliphatic rings. The van der Waals surface area contributed by atoms with Gasteiger partial charge in [-0.2, -0.15) is 0 Å². The highest BCUT2D eigenvalue weighted by Gasteiger charge is 2.15. The molecule has 5 heteroatoms. The van der Waals surface area contributed by atoms with E-state index in [4.69, 9.17) is 4.74 Å². The summed E-state index contributed by atoms with van der Waals surface area (Å²) < 4.78 is 5.94. The van der Waals surface area contributed by atoms with Crippen LogP contribution >= 0.6 is 11.3 Å². The number of amides is 1. The Bertz CT molecular complexity index is 930. The lowest BCUT2D eigenvalue weighted by Crippen LogP contribution is -2.37. The number of ether oxygens (including phenoxy) is 1. The smallest absolute Gasteiger partial charge is 0.226 e. The number of aryl methyl sites for hydroxylation is 3. The zero-order valence-corrected chi connectivity index (χ0v) is 17.6. The van der Waals surface area contributed by atoms with Crippen LogP contribution in [0.4, 0.5) is 0 Å². The van der Waals surface area contributed by atoms with E-state index in [0.29, 0.717) is 6.61 Å². The highest BCUT2D eigenvalue weighted by atomic mass is 32.1. The minimum absolute atomic E-state index is 0.0365. The Kier molecular flexibility index (Phi) is 6.47. The first-order chi connectivity index (χ1) is 13.4. The number of hydrogen-bond donors (Lipinski definition) is 1. The zero-order valence-electron chi connectivity index (χ0n) is 16.8. The maximum atomic E-state index is 12.5. The van der Waals surface area contributed by atoms with Gasteiger partial charge in [-0.15, -0.1) is 11.3 Å². The molecule has 146 valence electrons. The standard InChI is InChI=1S/C23H26N2O2S/c1-15-9-8-10-16(2)22(15)27-14-17(3)24-21(26)13-20-18(4)28-23(25-20)19-11-6-5-7-12-19/h5-12,17H,13-14H2,1-4H3,(H,24,26). The molecule has 0 aliphatic carbocycles. The fraction of sp³-hybridized carbons (Fsp3) is 0.304. The average Bonchev–Trinajstić information content (AvgIpc) is 3.02. The van der Waals surface area contributed by atoms with Gasteiger partial charge in [-0.25, -0.2) is 4.98 Å². The van der Waals surface area contributed by atoms with Gasteiger partial charge >= 0.3 is 0 Å². The molecule has 3 aromatic rings. The van der Waals surface area contributed by atoms with Crippen molar-refractivity contribution in [1.29, 1.82) is 0 Å². The Labute approximate surface area is 170 Å². The number of rotatable bonds is 7. The van der Waals surface area contributed by atoms with Crippen molar-refractivity contribution >= 4 is 17.2 Å². The molecule has 0 saturated heterocycles. The quantitative estimate of drug-likeness (QED) is 0.622. The number of nitrogens with zero attached hydrogens (tertiary/aromatic N) is 1. The molecule has 2 aromatic carbocycles. The number of benzene rings is 2. The van der Waals surface area contributed by atoms with Gasteiger partial charge < -0.3 is 10.1 Å². The lowest BCUT2D eigenvalue weighted by molar-refractivity contribution is -0.121. The van der Waals surface area contributed by atoms with Crippen LogP contribution in [0.1, 0.15) is 28.6 Å². The summed E-state index contributed by atoms with van der Waals surface area (Å²) in [6.45, 7) is 8.46. The maximum Gasteiger partial charge on any atom is 0.226 e. The predicted molar refractivity (Wildman–Crippen MR) is 115 cm³/mol. The molecule has 0 radical (unpaired) electrons. The summed E-state index contributed by atoms with van der Waals surface area (Å²) in [7, 11) is 0. The first-order valence-electron chi connectivity index (χ1n) is 9.44. The molecule has 0 saturated carbocycles. The van der Waals surface area contributed by atoms with Crippen molar-refractivity contribution in [3.05, 3.63) is 70.2 Å². The topological polar surface area (TPSA) is 51.2 Å². The third kappa shape index (κ3) is 4.98. The van der Waals surface area contributed by atoms with Crippen LogP contribution < -0.4 is 10.1 Å². The van der Waals surface area contributed by atoms with E-state index in [1.807, 2.05) is 76.2 Å². The van der Waals surface area contributed by atoms with Gasteiger partial charge in [0.15, 0.2) is 0 Å². The summed E-state index contributed by atoms with van der Waals surface area (Å²) in [4.78, 5) is 18.2. The largest absolute Gasteiger partial charge is 0.491 e. The molecule has 1 amide bonds. The zero-order chi connectivity index (χ0) is 20.1. The molecule has 0 fully saturated rings. The molecule has 0 spiro atoms. The van der Waals surface area contributed by atoms with E-state index in [2.05, 4.69) is 10.3 Å². The summed E-state index contributed by atoms with van der Waals surface area (Å²) in [5, 5.41) is 3.97. The summed E-state index contributed by atoms with van der Waals surface area (Å²) in [5.41, 5.74) is 4.12. The monoisotopic (exact) mass is 394 g/mol. The van der Waals surface area contributed by atoms with Crippen LogP contribution in [0.3, 0.4) is 0 Å². The molecule has 1 atom stereocenters. The highest BCUT2D eigenvalue weighted by molar-refractivity contribution is 7.15. The van der Waals surface area contributed by atoms with Gasteiger partial charge in [0, 0.05) is 10.4 Å². The first-order valence-corrected chi connectivity index (χ1v) is 10.3. The Morgan fingerprint density at radius 1 is 1.07 bits per heavy atom. The number of thiazole rings is 1. The summed E-state index contributed by atoms with van der Waals surface area (Å²) in [6.07, 6.45) is 0.281. The third-order valence-electron chi connectivity index (χ3n) is 4.54. The minimum Gasteiger partial charge on any atom is -0.491 e. The van der Waals surface area contributed by atoms with Gasteiger partial charge in [-0.05, 0) is 38.8 Å². The molecule has 28 heavy (non-hydrogen) atoms. The molecule has 0 aliphatic heterocycles. The van der Waals surface area contributed by atoms with E-state index in [-0.39, 0.29) is 18.4 Å². The lowest BCUT2D eigenvalue weighted by Gasteiger charge is -2.17. The molecule has 1 N–H and O–H groups in total. The Morgan fingerprint density at radius 3 is 2.43 bits per heavy atom. The normalized spacial score (nSPS) is 11.9. The highest BCUT2D eigenvalue weighted by Crippen LogP contribution is 2.27. The fourth-order valence-corrected chi connectivity index (χ4v) is 3.99. The van der Waals surface area contributed by atoms with Gasteiger partial charge in [0.2, 0.25) is 5.91 Å². The first kappa shape index (κ1) is 20.1. The molecule has 0 bridgehead atoms. The van der Waals surface area contributed by atoms with Crippen LogP contribution in [0.5, 0.6) is 5.75 Å². The molecule has 3 rings (SSSR count). The number of para-hydroxylation sites is 1. The second-order valence-corrected chi connectivity index (χ2v) is 8.27. The summed E-state index contributed by atoms with van der Waals surface area (Å²) in [6, 6.07) is 16.0. The Morgan fingerprint density at radius 2 is 1.75 bits per heavy atom. The Hall–Kier alpha value is -2.66. The lowest BCUT2D eigenvalue weighted by atomic mass is 10.1. The molecule has 1 aromatic heterocycles. The van der Waals surface area contributed by atoms with Crippen molar-refractivity contribution in [1.82, 2.24) is 10.3 Å². The van der Waals surface area contributed by atoms with Gasteiger partial charge in [-0.3, -0.25) is 4.79 Å². The van der Waals surface area contributed by atoms with Crippen LogP contribution in [-0.2, 0) is 11.2 Å². The number of hydrogen-bond acceptors (Lipinski definition) is 4. The van der Waals surface area contributed by atoms with Crippen molar-refractivity contribution in [2.75, 3.05) is 6.61 Å². The van der Waals surface area contributed by atoms with Gasteiger partial charge in [0.1, 0.15) is 17.4 Å². The molecule has 1 unspecified atom stereocenters. The Balaban J connectivity index is 1.56. The van der Waals surface area contributed by atoms with E-state index in [0.717, 1.165) is 38.0 Å². The average molecular weight is 395 g/mol. The minimum atomic E-state index is -0.0842. The molecular weight excluding hydrogens is 368 g/mol. The third-order valence-corrected chi connectivity index (χ3v) is 5.60. The molecule has 1 heterocycles. The summed E-state index contributed by atoms with van der Waals surface area (Å²) >= 11 is 1.62. The van der Waals surface area contributed by atoms with Crippen LogP contribution in [0.2, 0.25) is 0 Å². The van der Waals surface area contributed by atoms with Crippen molar-refractivity contribution in [3.8, 4) is 16.3 Å². The van der Waals surface area contributed by atoms with E-state index in [1.165, 1.54) is 0 Å². The van der Waals surface area contributed by atoms with Crippen molar-refractivity contribution in [3.63, 3.8) is 0 Å². The second-order valence-electron chi connectivity index (χ2n) is 7.07.